The number of hydrogen-bond acceptors (Lipinski definition) is 3. The highest BCUT2D eigenvalue weighted by Crippen LogP contribution is 2.17. The summed E-state index contributed by atoms with van der Waals surface area (Å²) in [6, 6.07) is -0.633. The van der Waals surface area contributed by atoms with Crippen molar-refractivity contribution in [2.24, 2.45) is 0 Å². The zero-order chi connectivity index (χ0) is 49.9. The van der Waals surface area contributed by atoms with Crippen LogP contribution in [0.5, 0.6) is 0 Å². The molecular formula is C65H115NO3. The van der Waals surface area contributed by atoms with Gasteiger partial charge in [-0.1, -0.05) is 304 Å². The summed E-state index contributed by atoms with van der Waals surface area (Å²) in [7, 11) is 0. The van der Waals surface area contributed by atoms with Gasteiger partial charge >= 0.3 is 0 Å². The first-order valence-corrected chi connectivity index (χ1v) is 30.0. The molecule has 0 bridgehead atoms. The molecule has 0 spiro atoms. The lowest BCUT2D eigenvalue weighted by atomic mass is 10.0. The highest BCUT2D eigenvalue weighted by atomic mass is 16.3. The Labute approximate surface area is 430 Å². The normalized spacial score (nSPS) is 13.5. The first-order chi connectivity index (χ1) is 34.2. The van der Waals surface area contributed by atoms with E-state index in [1.807, 2.05) is 6.08 Å². The van der Waals surface area contributed by atoms with Crippen LogP contribution < -0.4 is 5.32 Å². The van der Waals surface area contributed by atoms with Gasteiger partial charge < -0.3 is 15.5 Å². The summed E-state index contributed by atoms with van der Waals surface area (Å²) in [6.45, 7) is 4.21. The van der Waals surface area contributed by atoms with Crippen LogP contribution in [-0.4, -0.2) is 34.9 Å². The summed E-state index contributed by atoms with van der Waals surface area (Å²) in [5.41, 5.74) is 0. The summed E-state index contributed by atoms with van der Waals surface area (Å²) >= 11 is 0. The van der Waals surface area contributed by atoms with Crippen molar-refractivity contribution >= 4 is 5.91 Å². The van der Waals surface area contributed by atoms with Crippen LogP contribution in [0.2, 0.25) is 0 Å². The van der Waals surface area contributed by atoms with E-state index in [0.29, 0.717) is 6.42 Å². The fourth-order valence-electron chi connectivity index (χ4n) is 8.81. The van der Waals surface area contributed by atoms with Gasteiger partial charge in [-0.25, -0.2) is 0 Å². The van der Waals surface area contributed by atoms with Gasteiger partial charge in [-0.05, 0) is 77.0 Å². The van der Waals surface area contributed by atoms with Gasteiger partial charge in [0.2, 0.25) is 5.91 Å². The van der Waals surface area contributed by atoms with Crippen LogP contribution in [0.3, 0.4) is 0 Å². The van der Waals surface area contributed by atoms with E-state index in [9.17, 15) is 15.0 Å². The van der Waals surface area contributed by atoms with Crippen molar-refractivity contribution in [3.05, 3.63) is 97.2 Å². The van der Waals surface area contributed by atoms with E-state index in [2.05, 4.69) is 104 Å². The lowest BCUT2D eigenvalue weighted by Crippen LogP contribution is -2.45. The highest BCUT2D eigenvalue weighted by Gasteiger charge is 2.18. The van der Waals surface area contributed by atoms with Gasteiger partial charge in [0, 0.05) is 6.42 Å². The maximum atomic E-state index is 12.5. The van der Waals surface area contributed by atoms with Crippen molar-refractivity contribution in [3.63, 3.8) is 0 Å². The predicted molar refractivity (Wildman–Crippen MR) is 308 cm³/mol. The molecule has 0 aromatic rings. The van der Waals surface area contributed by atoms with E-state index in [0.717, 1.165) is 70.6 Å². The van der Waals surface area contributed by atoms with Crippen LogP contribution in [0.4, 0.5) is 0 Å². The van der Waals surface area contributed by atoms with Crippen LogP contribution >= 0.6 is 0 Å². The molecule has 0 fully saturated rings. The highest BCUT2D eigenvalue weighted by molar-refractivity contribution is 5.76. The fourth-order valence-corrected chi connectivity index (χ4v) is 8.81. The molecule has 0 aromatic heterocycles. The minimum Gasteiger partial charge on any atom is -0.394 e. The summed E-state index contributed by atoms with van der Waals surface area (Å²) < 4.78 is 0. The van der Waals surface area contributed by atoms with Gasteiger partial charge in [0.15, 0.2) is 0 Å². The standard InChI is InChI=1S/C65H115NO3/c1-3-5-7-9-11-13-15-17-19-21-23-25-27-29-31-32-33-34-35-37-39-41-43-45-47-49-51-53-55-57-59-61-65(69)66-63(62-67)64(68)60-58-56-54-52-50-48-46-44-42-40-38-36-30-28-26-24-22-20-18-16-14-12-10-8-6-4-2/h5,7,11,13,17,19,23,25,29,31,33-34,37,39,58,60,63-64,67-68H,3-4,6,8-10,12,14-16,18,20-22,24,26-28,30,32,35-36,38,40-57,59,61-62H2,1-2H3,(H,66,69)/b7-5-,13-11-,19-17-,25-23-,31-29-,34-33-,39-37-,60-58+. The number of aliphatic hydroxyl groups is 2. The van der Waals surface area contributed by atoms with Crippen molar-refractivity contribution in [3.8, 4) is 0 Å². The third kappa shape index (κ3) is 56.1. The third-order valence-corrected chi connectivity index (χ3v) is 13.3. The molecule has 3 N–H and O–H groups in total. The Balaban J connectivity index is 3.56. The van der Waals surface area contributed by atoms with E-state index in [4.69, 9.17) is 0 Å². The van der Waals surface area contributed by atoms with Crippen molar-refractivity contribution in [2.75, 3.05) is 6.61 Å². The molecule has 0 saturated heterocycles. The summed E-state index contributed by atoms with van der Waals surface area (Å²) in [5.74, 6) is -0.0714. The summed E-state index contributed by atoms with van der Waals surface area (Å²) in [4.78, 5) is 12.5. The Hall–Kier alpha value is -2.69. The van der Waals surface area contributed by atoms with Gasteiger partial charge in [0.1, 0.15) is 0 Å². The van der Waals surface area contributed by atoms with E-state index in [1.54, 1.807) is 6.08 Å². The van der Waals surface area contributed by atoms with Crippen molar-refractivity contribution in [1.29, 1.82) is 0 Å². The molecule has 2 unspecified atom stereocenters. The Kier molecular flexibility index (Phi) is 57.3. The van der Waals surface area contributed by atoms with Gasteiger partial charge in [-0.2, -0.15) is 0 Å². The molecule has 0 saturated carbocycles. The summed E-state index contributed by atoms with van der Waals surface area (Å²) in [6.07, 6.45) is 88.6. The Morgan fingerprint density at radius 1 is 0.362 bits per heavy atom. The summed E-state index contributed by atoms with van der Waals surface area (Å²) in [5, 5.41) is 23.2. The lowest BCUT2D eigenvalue weighted by Gasteiger charge is -2.20. The minimum absolute atomic E-state index is 0.0714. The van der Waals surface area contributed by atoms with Gasteiger partial charge in [0.25, 0.3) is 0 Å². The number of rotatable bonds is 54. The molecule has 0 aliphatic rings. The van der Waals surface area contributed by atoms with Gasteiger partial charge in [-0.15, -0.1) is 0 Å². The zero-order valence-electron chi connectivity index (χ0n) is 45.8. The Morgan fingerprint density at radius 3 is 0.957 bits per heavy atom. The maximum Gasteiger partial charge on any atom is 0.220 e. The average molecular weight is 959 g/mol. The molecule has 0 aliphatic heterocycles. The monoisotopic (exact) mass is 958 g/mol. The molecule has 4 nitrogen and oxygen atoms in total. The first-order valence-electron chi connectivity index (χ1n) is 30.0. The molecular weight excluding hydrogens is 843 g/mol. The number of aliphatic hydroxyl groups excluding tert-OH is 2. The SMILES string of the molecule is CC/C=C\C/C=C\C/C=C\C/C=C\C/C=C\C/C=C\C/C=C\CCCCCCCCCCCC(=O)NC(CO)C(O)/C=C/CCCCCCCCCCCCCCCCCCCCCCCCCC. The number of unbranched alkanes of at least 4 members (excludes halogenated alkanes) is 33. The molecule has 1 amide bonds. The molecule has 69 heavy (non-hydrogen) atoms. The van der Waals surface area contributed by atoms with E-state index >= 15 is 0 Å². The maximum absolute atomic E-state index is 12.5. The predicted octanol–water partition coefficient (Wildman–Crippen LogP) is 20.1. The second-order valence-corrected chi connectivity index (χ2v) is 20.0. The zero-order valence-corrected chi connectivity index (χ0v) is 45.8. The van der Waals surface area contributed by atoms with Crippen LogP contribution in [0.15, 0.2) is 97.2 Å². The van der Waals surface area contributed by atoms with Crippen molar-refractivity contribution < 1.29 is 15.0 Å². The van der Waals surface area contributed by atoms with Gasteiger partial charge in [0.05, 0.1) is 18.8 Å². The number of hydrogen-bond donors (Lipinski definition) is 3. The average Bonchev–Trinajstić information content (AvgIpc) is 3.35. The molecule has 398 valence electrons. The third-order valence-electron chi connectivity index (χ3n) is 13.3. The largest absolute Gasteiger partial charge is 0.394 e. The molecule has 0 rings (SSSR count). The number of allylic oxidation sites excluding steroid dienone is 15. The molecule has 2 atom stereocenters. The topological polar surface area (TPSA) is 69.6 Å². The first kappa shape index (κ1) is 66.3. The second kappa shape index (κ2) is 59.6. The van der Waals surface area contributed by atoms with Crippen LogP contribution in [0, 0.1) is 0 Å². The van der Waals surface area contributed by atoms with Crippen LogP contribution in [0.1, 0.15) is 290 Å². The Bertz CT molecular complexity index is 1270. The van der Waals surface area contributed by atoms with E-state index in [1.165, 1.54) is 199 Å². The second-order valence-electron chi connectivity index (χ2n) is 20.0. The molecule has 0 aromatic carbocycles. The Morgan fingerprint density at radius 2 is 0.638 bits per heavy atom. The van der Waals surface area contributed by atoms with Gasteiger partial charge in [-0.3, -0.25) is 4.79 Å². The fraction of sp³-hybridized carbons (Fsp3) is 0.738. The van der Waals surface area contributed by atoms with E-state index in [-0.39, 0.29) is 12.5 Å². The minimum atomic E-state index is -0.849. The number of carbonyl (C=O) groups is 1. The van der Waals surface area contributed by atoms with E-state index < -0.39 is 12.1 Å². The molecule has 0 radical (unpaired) electrons. The smallest absolute Gasteiger partial charge is 0.220 e. The number of nitrogens with one attached hydrogen (secondary N) is 1. The molecule has 4 heteroatoms. The van der Waals surface area contributed by atoms with Crippen molar-refractivity contribution in [1.82, 2.24) is 5.32 Å². The number of amides is 1. The number of carbonyl (C=O) groups excluding carboxylic acids is 1. The lowest BCUT2D eigenvalue weighted by molar-refractivity contribution is -0.123. The molecule has 0 heterocycles. The van der Waals surface area contributed by atoms with Crippen LogP contribution in [0.25, 0.3) is 0 Å². The van der Waals surface area contributed by atoms with Crippen molar-refractivity contribution in [2.45, 2.75) is 302 Å². The van der Waals surface area contributed by atoms with Crippen LogP contribution in [-0.2, 0) is 4.79 Å². The molecule has 0 aliphatic carbocycles. The quantitative estimate of drug-likeness (QED) is 0.0420.